The third-order valence-electron chi connectivity index (χ3n) is 2.64. The molecule has 4 heteroatoms. The minimum atomic E-state index is -0.950. The Morgan fingerprint density at radius 3 is 2.67 bits per heavy atom. The van der Waals surface area contributed by atoms with Gasteiger partial charge in [-0.05, 0) is 36.8 Å². The Balaban J connectivity index is 2.48. The van der Waals surface area contributed by atoms with Crippen LogP contribution >= 0.6 is 0 Å². The first kappa shape index (κ1) is 12.0. The third-order valence-corrected chi connectivity index (χ3v) is 2.64. The summed E-state index contributed by atoms with van der Waals surface area (Å²) in [6.07, 6.45) is 0.683. The Kier molecular flexibility index (Phi) is 3.19. The summed E-state index contributed by atoms with van der Waals surface area (Å²) in [6, 6.07) is 10.1. The van der Waals surface area contributed by atoms with Crippen molar-refractivity contribution in [2.24, 2.45) is 0 Å². The van der Waals surface area contributed by atoms with Crippen molar-refractivity contribution in [3.8, 4) is 11.3 Å². The van der Waals surface area contributed by atoms with E-state index in [0.717, 1.165) is 5.56 Å². The Morgan fingerprint density at radius 2 is 2.06 bits per heavy atom. The predicted octanol–water partition coefficient (Wildman–Crippen LogP) is 2.57. The summed E-state index contributed by atoms with van der Waals surface area (Å²) in [6.45, 7) is 1.73. The molecule has 1 aromatic heterocycles. The zero-order valence-electron chi connectivity index (χ0n) is 9.75. The zero-order valence-corrected chi connectivity index (χ0v) is 9.75. The molecule has 4 nitrogen and oxygen atoms in total. The highest BCUT2D eigenvalue weighted by Gasteiger charge is 2.08. The lowest BCUT2D eigenvalue weighted by molar-refractivity contribution is 0.0696. The number of benzene rings is 1. The lowest BCUT2D eigenvalue weighted by atomic mass is 10.0. The van der Waals surface area contributed by atoms with Crippen LogP contribution in [0.15, 0.2) is 36.4 Å². The molecule has 0 unspecified atom stereocenters. The van der Waals surface area contributed by atoms with E-state index < -0.39 is 5.97 Å². The fraction of sp³-hybridized carbons (Fsp3) is 0.0714. The summed E-state index contributed by atoms with van der Waals surface area (Å²) in [5.41, 5.74) is 2.73. The quantitative estimate of drug-likeness (QED) is 0.838. The zero-order chi connectivity index (χ0) is 13.1. The van der Waals surface area contributed by atoms with Gasteiger partial charge in [0.25, 0.3) is 0 Å². The van der Waals surface area contributed by atoms with E-state index in [0.29, 0.717) is 23.2 Å². The third kappa shape index (κ3) is 2.27. The number of pyridine rings is 1. The number of carboxylic acids is 1. The summed E-state index contributed by atoms with van der Waals surface area (Å²) in [7, 11) is 0. The topological polar surface area (TPSA) is 67.3 Å². The minimum absolute atomic E-state index is 0.269. The van der Waals surface area contributed by atoms with Gasteiger partial charge in [-0.1, -0.05) is 12.1 Å². The summed E-state index contributed by atoms with van der Waals surface area (Å²) in [5.74, 6) is -0.950. The molecule has 1 N–H and O–H groups in total. The number of nitrogens with zero attached hydrogens (tertiary/aromatic N) is 1. The number of aldehydes is 1. The molecule has 0 atom stereocenters. The van der Waals surface area contributed by atoms with Gasteiger partial charge in [0.15, 0.2) is 6.29 Å². The van der Waals surface area contributed by atoms with E-state index in [1.165, 1.54) is 0 Å². The summed E-state index contributed by atoms with van der Waals surface area (Å²) in [4.78, 5) is 25.7. The van der Waals surface area contributed by atoms with Crippen LogP contribution in [0, 0.1) is 6.92 Å². The Hall–Kier alpha value is -2.49. The maximum absolute atomic E-state index is 10.9. The molecule has 90 valence electrons. The summed E-state index contributed by atoms with van der Waals surface area (Å²) in [5, 5.41) is 8.95. The summed E-state index contributed by atoms with van der Waals surface area (Å²) >= 11 is 0. The molecule has 1 aromatic carbocycles. The van der Waals surface area contributed by atoms with Gasteiger partial charge in [0, 0.05) is 5.56 Å². The number of hydrogen-bond donors (Lipinski definition) is 1. The number of hydrogen-bond acceptors (Lipinski definition) is 3. The number of aromatic carboxylic acids is 1. The van der Waals surface area contributed by atoms with Crippen molar-refractivity contribution >= 4 is 12.3 Å². The molecule has 2 rings (SSSR count). The highest BCUT2D eigenvalue weighted by molar-refractivity contribution is 5.90. The first-order valence-electron chi connectivity index (χ1n) is 5.38. The van der Waals surface area contributed by atoms with Crippen LogP contribution in [0.1, 0.15) is 26.4 Å². The van der Waals surface area contributed by atoms with E-state index in [4.69, 9.17) is 5.11 Å². The lowest BCUT2D eigenvalue weighted by Crippen LogP contribution is -1.99. The van der Waals surface area contributed by atoms with Gasteiger partial charge in [-0.3, -0.25) is 4.79 Å². The van der Waals surface area contributed by atoms with Crippen LogP contribution in [0.2, 0.25) is 0 Å². The number of aromatic nitrogens is 1. The Morgan fingerprint density at radius 1 is 1.28 bits per heavy atom. The first-order chi connectivity index (χ1) is 8.61. The average Bonchev–Trinajstić information content (AvgIpc) is 2.38. The highest BCUT2D eigenvalue weighted by atomic mass is 16.4. The van der Waals surface area contributed by atoms with Crippen LogP contribution in [0.3, 0.4) is 0 Å². The van der Waals surface area contributed by atoms with Crippen molar-refractivity contribution in [1.82, 2.24) is 4.98 Å². The smallest absolute Gasteiger partial charge is 0.335 e. The van der Waals surface area contributed by atoms with Gasteiger partial charge >= 0.3 is 5.97 Å². The van der Waals surface area contributed by atoms with Crippen molar-refractivity contribution in [3.05, 3.63) is 53.2 Å². The maximum Gasteiger partial charge on any atom is 0.335 e. The van der Waals surface area contributed by atoms with E-state index in [1.54, 1.807) is 43.3 Å². The molecule has 0 fully saturated rings. The number of aryl methyl sites for hydroxylation is 1. The molecule has 2 aromatic rings. The van der Waals surface area contributed by atoms with Gasteiger partial charge in [-0.15, -0.1) is 0 Å². The van der Waals surface area contributed by atoms with Gasteiger partial charge in [-0.2, -0.15) is 0 Å². The van der Waals surface area contributed by atoms with Gasteiger partial charge < -0.3 is 5.11 Å². The molecule has 0 saturated heterocycles. The lowest BCUT2D eigenvalue weighted by Gasteiger charge is -2.05. The molecule has 0 radical (unpaired) electrons. The summed E-state index contributed by atoms with van der Waals surface area (Å²) < 4.78 is 0. The minimum Gasteiger partial charge on any atom is -0.478 e. The fourth-order valence-corrected chi connectivity index (χ4v) is 1.74. The predicted molar refractivity (Wildman–Crippen MR) is 66.8 cm³/mol. The van der Waals surface area contributed by atoms with Gasteiger partial charge in [0.1, 0.15) is 5.69 Å². The second-order valence-corrected chi connectivity index (χ2v) is 3.90. The van der Waals surface area contributed by atoms with Crippen LogP contribution in [0.5, 0.6) is 0 Å². The Bertz CT molecular complexity index is 620. The van der Waals surface area contributed by atoms with Crippen LogP contribution in [-0.2, 0) is 0 Å². The van der Waals surface area contributed by atoms with Crippen LogP contribution in [-0.4, -0.2) is 22.3 Å². The van der Waals surface area contributed by atoms with E-state index in [-0.39, 0.29) is 5.56 Å². The van der Waals surface area contributed by atoms with Crippen molar-refractivity contribution in [2.45, 2.75) is 6.92 Å². The highest BCUT2D eigenvalue weighted by Crippen LogP contribution is 2.20. The molecule has 0 amide bonds. The van der Waals surface area contributed by atoms with Gasteiger partial charge in [-0.25, -0.2) is 9.78 Å². The number of rotatable bonds is 3. The van der Waals surface area contributed by atoms with Crippen molar-refractivity contribution < 1.29 is 14.7 Å². The molecular weight excluding hydrogens is 230 g/mol. The first-order valence-corrected chi connectivity index (χ1v) is 5.38. The molecule has 0 bridgehead atoms. The Labute approximate surface area is 104 Å². The standard InChI is InChI=1S/C14H11NO3/c1-9-7-10(5-6-12(9)14(17)18)13-4-2-3-11(8-16)15-13/h2-8H,1H3,(H,17,18). The van der Waals surface area contributed by atoms with Crippen LogP contribution < -0.4 is 0 Å². The van der Waals surface area contributed by atoms with Crippen LogP contribution in [0.25, 0.3) is 11.3 Å². The largest absolute Gasteiger partial charge is 0.478 e. The molecule has 0 aliphatic heterocycles. The molecule has 0 aliphatic rings. The van der Waals surface area contributed by atoms with Gasteiger partial charge in [0.2, 0.25) is 0 Å². The second-order valence-electron chi connectivity index (χ2n) is 3.90. The van der Waals surface area contributed by atoms with E-state index in [9.17, 15) is 9.59 Å². The maximum atomic E-state index is 10.9. The molecule has 0 spiro atoms. The molecule has 0 saturated carbocycles. The van der Waals surface area contributed by atoms with Gasteiger partial charge in [0.05, 0.1) is 11.3 Å². The average molecular weight is 241 g/mol. The van der Waals surface area contributed by atoms with Crippen LogP contribution in [0.4, 0.5) is 0 Å². The monoisotopic (exact) mass is 241 g/mol. The van der Waals surface area contributed by atoms with E-state index in [2.05, 4.69) is 4.98 Å². The SMILES string of the molecule is Cc1cc(-c2cccc(C=O)n2)ccc1C(=O)O. The van der Waals surface area contributed by atoms with Crippen molar-refractivity contribution in [2.75, 3.05) is 0 Å². The van der Waals surface area contributed by atoms with E-state index >= 15 is 0 Å². The second kappa shape index (κ2) is 4.79. The fourth-order valence-electron chi connectivity index (χ4n) is 1.74. The molecule has 1 heterocycles. The number of carbonyl (C=O) groups excluding carboxylic acids is 1. The molecule has 18 heavy (non-hydrogen) atoms. The molecule has 0 aliphatic carbocycles. The number of carbonyl (C=O) groups is 2. The number of carboxylic acid groups (broad SMARTS) is 1. The normalized spacial score (nSPS) is 10.1. The van der Waals surface area contributed by atoms with Crippen molar-refractivity contribution in [1.29, 1.82) is 0 Å². The van der Waals surface area contributed by atoms with Crippen molar-refractivity contribution in [3.63, 3.8) is 0 Å². The van der Waals surface area contributed by atoms with E-state index in [1.807, 2.05) is 0 Å². The molecular formula is C14H11NO3.